The number of hydrogen-bond acceptors (Lipinski definition) is 4. The number of halogens is 1. The van der Waals surface area contributed by atoms with Gasteiger partial charge in [0.2, 0.25) is 0 Å². The molecule has 4 fully saturated rings. The van der Waals surface area contributed by atoms with Gasteiger partial charge in [-0.15, -0.1) is 0 Å². The zero-order valence-corrected chi connectivity index (χ0v) is 22.8. The molecule has 2 aromatic carbocycles. The van der Waals surface area contributed by atoms with Gasteiger partial charge in [-0.05, 0) is 106 Å². The highest BCUT2D eigenvalue weighted by atomic mass is 35.5. The molecule has 2 N–H and O–H groups in total. The third kappa shape index (κ3) is 4.63. The lowest BCUT2D eigenvalue weighted by atomic mass is 9.54. The second kappa shape index (κ2) is 10.2. The second-order valence-corrected chi connectivity index (χ2v) is 12.0. The van der Waals surface area contributed by atoms with E-state index in [4.69, 9.17) is 16.7 Å². The molecule has 0 unspecified atom stereocenters. The molecule has 3 aromatic rings. The Morgan fingerprint density at radius 2 is 1.71 bits per heavy atom. The third-order valence-corrected chi connectivity index (χ3v) is 9.28. The summed E-state index contributed by atoms with van der Waals surface area (Å²) in [6.45, 7) is 5.24. The Labute approximate surface area is 229 Å². The number of carbonyl (C=O) groups excluding carboxylic acids is 1. The highest BCUT2D eigenvalue weighted by Crippen LogP contribution is 2.53. The maximum atomic E-state index is 13.4. The Morgan fingerprint density at radius 3 is 2.34 bits per heavy atom. The van der Waals surface area contributed by atoms with Crippen LogP contribution in [-0.2, 0) is 0 Å². The van der Waals surface area contributed by atoms with Crippen LogP contribution in [-0.4, -0.2) is 34.8 Å². The molecule has 0 radical (unpaired) electrons. The van der Waals surface area contributed by atoms with E-state index < -0.39 is 0 Å². The van der Waals surface area contributed by atoms with E-state index in [0.29, 0.717) is 28.9 Å². The quantitative estimate of drug-likeness (QED) is 0.379. The fourth-order valence-electron chi connectivity index (χ4n) is 7.55. The van der Waals surface area contributed by atoms with Gasteiger partial charge in [-0.1, -0.05) is 23.7 Å². The molecule has 0 aliphatic heterocycles. The van der Waals surface area contributed by atoms with E-state index in [9.17, 15) is 10.1 Å². The number of hydrogen-bond donors (Lipinski definition) is 2. The van der Waals surface area contributed by atoms with Gasteiger partial charge in [-0.3, -0.25) is 4.79 Å². The van der Waals surface area contributed by atoms with E-state index in [1.807, 2.05) is 54.9 Å². The van der Waals surface area contributed by atoms with Crippen LogP contribution in [0.2, 0.25) is 5.02 Å². The summed E-state index contributed by atoms with van der Waals surface area (Å²) in [7, 11) is 0. The topological polar surface area (TPSA) is 82.7 Å². The van der Waals surface area contributed by atoms with Crippen LogP contribution in [0.25, 0.3) is 16.9 Å². The van der Waals surface area contributed by atoms with E-state index in [1.165, 1.54) is 32.1 Å². The third-order valence-electron chi connectivity index (χ3n) is 9.03. The molecule has 4 aliphatic rings. The van der Waals surface area contributed by atoms with Crippen molar-refractivity contribution in [2.45, 2.75) is 52.0 Å². The molecule has 4 saturated carbocycles. The van der Waals surface area contributed by atoms with Crippen LogP contribution < -0.4 is 10.6 Å². The molecule has 0 atom stereocenters. The van der Waals surface area contributed by atoms with Crippen molar-refractivity contribution < 1.29 is 4.79 Å². The van der Waals surface area contributed by atoms with Crippen LogP contribution in [0.4, 0.5) is 0 Å². The molecule has 7 rings (SSSR count). The monoisotopic (exact) mass is 527 g/mol. The molecule has 38 heavy (non-hydrogen) atoms. The lowest BCUT2D eigenvalue weighted by molar-refractivity contribution is -0.0133. The Hall–Kier alpha value is -3.14. The summed E-state index contributed by atoms with van der Waals surface area (Å²) in [5, 5.41) is 21.7. The number of rotatable bonds is 7. The number of aryl methyl sites for hydroxylation is 1. The molecule has 4 aliphatic carbocycles. The fraction of sp³-hybridized carbons (Fsp3) is 0.452. The molecule has 7 heteroatoms. The Kier molecular flexibility index (Phi) is 6.75. The summed E-state index contributed by atoms with van der Waals surface area (Å²) < 4.78 is 1.82. The minimum Gasteiger partial charge on any atom is -0.349 e. The van der Waals surface area contributed by atoms with Gasteiger partial charge in [0.05, 0.1) is 23.0 Å². The summed E-state index contributed by atoms with van der Waals surface area (Å²) in [6.07, 6.45) is 7.00. The van der Waals surface area contributed by atoms with Crippen molar-refractivity contribution in [3.05, 3.63) is 69.9 Å². The number of aromatic nitrogens is 2. The number of nitriles is 1. The van der Waals surface area contributed by atoms with Crippen molar-refractivity contribution >= 4 is 17.5 Å². The number of nitrogens with one attached hydrogen (secondary N) is 2. The van der Waals surface area contributed by atoms with E-state index in [1.54, 1.807) is 6.07 Å². The minimum atomic E-state index is -0.172. The van der Waals surface area contributed by atoms with Crippen LogP contribution in [0.15, 0.2) is 42.5 Å². The predicted molar refractivity (Wildman–Crippen MR) is 149 cm³/mol. The molecular weight excluding hydrogens is 494 g/mol. The SMILES string of the molecule is Cc1cc(C#N)ccc1-n1nc(C(=O)NCCNC2C3CC4CC(C3)CC2C4)c(C)c1-c1ccc(Cl)cc1. The Bertz CT molecular complexity index is 1370. The van der Waals surface area contributed by atoms with Crippen LogP contribution in [0.5, 0.6) is 0 Å². The van der Waals surface area contributed by atoms with Crippen LogP contribution >= 0.6 is 11.6 Å². The molecule has 196 valence electrons. The average molecular weight is 528 g/mol. The van der Waals surface area contributed by atoms with Crippen molar-refractivity contribution in [3.63, 3.8) is 0 Å². The normalized spacial score (nSPS) is 25.4. The molecule has 0 spiro atoms. The summed E-state index contributed by atoms with van der Waals surface area (Å²) >= 11 is 6.15. The predicted octanol–water partition coefficient (Wildman–Crippen LogP) is 5.83. The Balaban J connectivity index is 1.20. The van der Waals surface area contributed by atoms with Gasteiger partial charge < -0.3 is 10.6 Å². The summed E-state index contributed by atoms with van der Waals surface area (Å²) in [6, 6.07) is 15.9. The standard InChI is InChI=1S/C31H34ClN5O/c1-18-11-20(17-33)3-8-27(18)37-30(23-4-6-26(32)7-5-23)19(2)28(36-37)31(38)35-10-9-34-29-24-13-21-12-22(15-24)16-25(29)14-21/h3-8,11,21-22,24-25,29,34H,9-10,12-16H2,1-2H3,(H,35,38). The zero-order chi connectivity index (χ0) is 26.4. The zero-order valence-electron chi connectivity index (χ0n) is 22.0. The lowest BCUT2D eigenvalue weighted by Gasteiger charge is -2.54. The van der Waals surface area contributed by atoms with Crippen molar-refractivity contribution in [1.82, 2.24) is 20.4 Å². The van der Waals surface area contributed by atoms with Gasteiger partial charge in [-0.2, -0.15) is 10.4 Å². The maximum Gasteiger partial charge on any atom is 0.272 e. The first kappa shape index (κ1) is 25.2. The van der Waals surface area contributed by atoms with E-state index in [0.717, 1.165) is 58.3 Å². The van der Waals surface area contributed by atoms with Gasteiger partial charge >= 0.3 is 0 Å². The molecule has 6 nitrogen and oxygen atoms in total. The molecule has 1 amide bonds. The molecule has 1 heterocycles. The van der Waals surface area contributed by atoms with E-state index in [2.05, 4.69) is 16.7 Å². The minimum absolute atomic E-state index is 0.172. The largest absolute Gasteiger partial charge is 0.349 e. The smallest absolute Gasteiger partial charge is 0.272 e. The van der Waals surface area contributed by atoms with E-state index >= 15 is 0 Å². The number of amides is 1. The van der Waals surface area contributed by atoms with Crippen LogP contribution in [0, 0.1) is 48.9 Å². The van der Waals surface area contributed by atoms with Gasteiger partial charge in [0.25, 0.3) is 5.91 Å². The lowest BCUT2D eigenvalue weighted by Crippen LogP contribution is -2.55. The number of benzene rings is 2. The summed E-state index contributed by atoms with van der Waals surface area (Å²) in [5.74, 6) is 3.38. The summed E-state index contributed by atoms with van der Waals surface area (Å²) in [5.41, 5.74) is 5.31. The first-order chi connectivity index (χ1) is 18.4. The fourth-order valence-corrected chi connectivity index (χ4v) is 7.68. The van der Waals surface area contributed by atoms with Crippen LogP contribution in [0.1, 0.15) is 59.3 Å². The van der Waals surface area contributed by atoms with Gasteiger partial charge in [0, 0.05) is 35.3 Å². The van der Waals surface area contributed by atoms with Crippen LogP contribution in [0.3, 0.4) is 0 Å². The first-order valence-corrected chi connectivity index (χ1v) is 14.2. The molecular formula is C31H34ClN5O. The molecule has 4 bridgehead atoms. The van der Waals surface area contributed by atoms with Gasteiger partial charge in [-0.25, -0.2) is 4.68 Å². The number of carbonyl (C=O) groups is 1. The summed E-state index contributed by atoms with van der Waals surface area (Å²) in [4.78, 5) is 13.4. The van der Waals surface area contributed by atoms with E-state index in [-0.39, 0.29) is 5.91 Å². The highest BCUT2D eigenvalue weighted by molar-refractivity contribution is 6.30. The van der Waals surface area contributed by atoms with Crippen molar-refractivity contribution in [2.24, 2.45) is 23.7 Å². The second-order valence-electron chi connectivity index (χ2n) is 11.5. The molecule has 1 aromatic heterocycles. The number of nitrogens with zero attached hydrogens (tertiary/aromatic N) is 3. The van der Waals surface area contributed by atoms with Gasteiger partial charge in [0.1, 0.15) is 0 Å². The van der Waals surface area contributed by atoms with Crippen molar-refractivity contribution in [1.29, 1.82) is 5.26 Å². The Morgan fingerprint density at radius 1 is 1.03 bits per heavy atom. The van der Waals surface area contributed by atoms with Gasteiger partial charge in [0.15, 0.2) is 5.69 Å². The maximum absolute atomic E-state index is 13.4. The van der Waals surface area contributed by atoms with Crippen molar-refractivity contribution in [3.8, 4) is 23.0 Å². The average Bonchev–Trinajstić information content (AvgIpc) is 3.24. The molecule has 0 saturated heterocycles. The highest BCUT2D eigenvalue weighted by Gasteiger charge is 2.47. The first-order valence-electron chi connectivity index (χ1n) is 13.8. The van der Waals surface area contributed by atoms with Crippen molar-refractivity contribution in [2.75, 3.05) is 13.1 Å².